The Morgan fingerprint density at radius 2 is 2.07 bits per heavy atom. The second-order valence-corrected chi connectivity index (χ2v) is 2.93. The van der Waals surface area contributed by atoms with E-state index in [1.807, 2.05) is 30.3 Å². The van der Waals surface area contributed by atoms with Gasteiger partial charge in [-0.2, -0.15) is 0 Å². The first kappa shape index (κ1) is 10.7. The van der Waals surface area contributed by atoms with Crippen LogP contribution in [0.5, 0.6) is 0 Å². The SMILES string of the molecule is NC(COCC(=O)O)c1ccccc1. The van der Waals surface area contributed by atoms with Gasteiger partial charge in [0.2, 0.25) is 0 Å². The van der Waals surface area contributed by atoms with Crippen molar-refractivity contribution in [1.29, 1.82) is 0 Å². The second-order valence-electron chi connectivity index (χ2n) is 2.93. The molecule has 0 heterocycles. The van der Waals surface area contributed by atoms with Gasteiger partial charge in [-0.3, -0.25) is 0 Å². The third-order valence-electron chi connectivity index (χ3n) is 1.75. The van der Waals surface area contributed by atoms with Gasteiger partial charge in [-0.1, -0.05) is 30.3 Å². The molecule has 0 aliphatic carbocycles. The Hall–Kier alpha value is -1.39. The number of carbonyl (C=O) groups is 1. The minimum Gasteiger partial charge on any atom is -0.480 e. The molecule has 1 atom stereocenters. The van der Waals surface area contributed by atoms with Crippen LogP contribution in [0.2, 0.25) is 0 Å². The van der Waals surface area contributed by atoms with Crippen molar-refractivity contribution in [2.24, 2.45) is 5.73 Å². The summed E-state index contributed by atoms with van der Waals surface area (Å²) in [6.07, 6.45) is 0. The summed E-state index contributed by atoms with van der Waals surface area (Å²) in [7, 11) is 0. The van der Waals surface area contributed by atoms with Crippen LogP contribution in [0.4, 0.5) is 0 Å². The smallest absolute Gasteiger partial charge is 0.329 e. The number of aliphatic carboxylic acids is 1. The van der Waals surface area contributed by atoms with Gasteiger partial charge >= 0.3 is 5.97 Å². The maximum atomic E-state index is 10.2. The van der Waals surface area contributed by atoms with E-state index in [2.05, 4.69) is 0 Å². The minimum absolute atomic E-state index is 0.219. The van der Waals surface area contributed by atoms with Crippen LogP contribution in [0, 0.1) is 0 Å². The fourth-order valence-electron chi connectivity index (χ4n) is 1.07. The molecule has 0 aromatic heterocycles. The van der Waals surface area contributed by atoms with E-state index in [1.54, 1.807) is 0 Å². The summed E-state index contributed by atoms with van der Waals surface area (Å²) in [5.41, 5.74) is 6.71. The quantitative estimate of drug-likeness (QED) is 0.728. The zero-order chi connectivity index (χ0) is 10.4. The third kappa shape index (κ3) is 3.55. The van der Waals surface area contributed by atoms with Crippen LogP contribution in [0.1, 0.15) is 11.6 Å². The zero-order valence-electron chi connectivity index (χ0n) is 7.72. The molecule has 1 aromatic carbocycles. The van der Waals surface area contributed by atoms with Crippen molar-refractivity contribution in [1.82, 2.24) is 0 Å². The predicted molar refractivity (Wildman–Crippen MR) is 51.8 cm³/mol. The number of benzene rings is 1. The Bertz CT molecular complexity index is 287. The van der Waals surface area contributed by atoms with Crippen molar-refractivity contribution in [3.8, 4) is 0 Å². The van der Waals surface area contributed by atoms with Crippen molar-refractivity contribution in [2.75, 3.05) is 13.2 Å². The number of carboxylic acid groups (broad SMARTS) is 1. The van der Waals surface area contributed by atoms with E-state index in [9.17, 15) is 4.79 Å². The van der Waals surface area contributed by atoms with Gasteiger partial charge in [0, 0.05) is 0 Å². The molecular weight excluding hydrogens is 182 g/mol. The average Bonchev–Trinajstić information content (AvgIpc) is 2.18. The van der Waals surface area contributed by atoms with E-state index in [0.29, 0.717) is 0 Å². The summed E-state index contributed by atoms with van der Waals surface area (Å²) in [5, 5.41) is 8.33. The highest BCUT2D eigenvalue weighted by Crippen LogP contribution is 2.09. The van der Waals surface area contributed by atoms with Gasteiger partial charge in [0.25, 0.3) is 0 Å². The molecule has 0 spiro atoms. The number of hydrogen-bond donors (Lipinski definition) is 2. The fourth-order valence-corrected chi connectivity index (χ4v) is 1.07. The van der Waals surface area contributed by atoms with Crippen LogP contribution in [0.3, 0.4) is 0 Å². The van der Waals surface area contributed by atoms with Crippen LogP contribution in [0.25, 0.3) is 0 Å². The molecule has 1 aromatic rings. The molecular formula is C10H13NO3. The number of nitrogens with two attached hydrogens (primary N) is 1. The van der Waals surface area contributed by atoms with E-state index < -0.39 is 5.97 Å². The summed E-state index contributed by atoms with van der Waals surface area (Å²) in [5.74, 6) is -0.981. The molecule has 14 heavy (non-hydrogen) atoms. The number of hydrogen-bond acceptors (Lipinski definition) is 3. The van der Waals surface area contributed by atoms with Crippen molar-refractivity contribution < 1.29 is 14.6 Å². The lowest BCUT2D eigenvalue weighted by Gasteiger charge is -2.10. The first-order valence-electron chi connectivity index (χ1n) is 4.30. The largest absolute Gasteiger partial charge is 0.480 e. The fraction of sp³-hybridized carbons (Fsp3) is 0.300. The lowest BCUT2D eigenvalue weighted by Crippen LogP contribution is -2.19. The monoisotopic (exact) mass is 195 g/mol. The average molecular weight is 195 g/mol. The molecule has 0 bridgehead atoms. The molecule has 3 N–H and O–H groups in total. The number of rotatable bonds is 5. The lowest BCUT2D eigenvalue weighted by molar-refractivity contribution is -0.142. The van der Waals surface area contributed by atoms with Crippen LogP contribution in [-0.2, 0) is 9.53 Å². The highest BCUT2D eigenvalue weighted by Gasteiger charge is 2.06. The number of ether oxygens (including phenoxy) is 1. The first-order chi connectivity index (χ1) is 6.70. The Morgan fingerprint density at radius 3 is 2.64 bits per heavy atom. The van der Waals surface area contributed by atoms with Crippen LogP contribution >= 0.6 is 0 Å². The van der Waals surface area contributed by atoms with Crippen molar-refractivity contribution in [3.63, 3.8) is 0 Å². The normalized spacial score (nSPS) is 12.4. The Kier molecular flexibility index (Phi) is 4.10. The zero-order valence-corrected chi connectivity index (χ0v) is 7.72. The van der Waals surface area contributed by atoms with Gasteiger partial charge < -0.3 is 15.6 Å². The Labute approximate surface area is 82.3 Å². The first-order valence-corrected chi connectivity index (χ1v) is 4.30. The molecule has 0 fully saturated rings. The summed E-state index contributed by atoms with van der Waals surface area (Å²) < 4.78 is 4.89. The molecule has 76 valence electrons. The van der Waals surface area contributed by atoms with E-state index >= 15 is 0 Å². The third-order valence-corrected chi connectivity index (χ3v) is 1.75. The standard InChI is InChI=1S/C10H13NO3/c11-9(6-14-7-10(12)13)8-4-2-1-3-5-8/h1-5,9H,6-7,11H2,(H,12,13). The van der Waals surface area contributed by atoms with E-state index in [4.69, 9.17) is 15.6 Å². The summed E-state index contributed by atoms with van der Waals surface area (Å²) in [6, 6.07) is 9.16. The van der Waals surface area contributed by atoms with Crippen LogP contribution < -0.4 is 5.73 Å². The molecule has 1 unspecified atom stereocenters. The van der Waals surface area contributed by atoms with Gasteiger partial charge in [-0.15, -0.1) is 0 Å². The molecule has 4 nitrogen and oxygen atoms in total. The molecule has 0 saturated carbocycles. The summed E-state index contributed by atoms with van der Waals surface area (Å²) in [4.78, 5) is 10.2. The van der Waals surface area contributed by atoms with Gasteiger partial charge in [-0.25, -0.2) is 4.79 Å². The highest BCUT2D eigenvalue weighted by atomic mass is 16.5. The second kappa shape index (κ2) is 5.36. The van der Waals surface area contributed by atoms with E-state index in [-0.39, 0.29) is 19.3 Å². The molecule has 4 heteroatoms. The van der Waals surface area contributed by atoms with Crippen molar-refractivity contribution in [3.05, 3.63) is 35.9 Å². The number of carboxylic acids is 1. The van der Waals surface area contributed by atoms with E-state index in [1.165, 1.54) is 0 Å². The van der Waals surface area contributed by atoms with Crippen LogP contribution in [-0.4, -0.2) is 24.3 Å². The maximum Gasteiger partial charge on any atom is 0.329 e. The van der Waals surface area contributed by atoms with Gasteiger partial charge in [-0.05, 0) is 5.56 Å². The summed E-state index contributed by atoms with van der Waals surface area (Å²) >= 11 is 0. The lowest BCUT2D eigenvalue weighted by atomic mass is 10.1. The van der Waals surface area contributed by atoms with Crippen LogP contribution in [0.15, 0.2) is 30.3 Å². The minimum atomic E-state index is -0.981. The Balaban J connectivity index is 2.36. The molecule has 0 saturated heterocycles. The molecule has 1 rings (SSSR count). The van der Waals surface area contributed by atoms with Gasteiger partial charge in [0.05, 0.1) is 12.6 Å². The maximum absolute atomic E-state index is 10.2. The highest BCUT2D eigenvalue weighted by molar-refractivity contribution is 5.67. The molecule has 0 radical (unpaired) electrons. The summed E-state index contributed by atoms with van der Waals surface area (Å²) in [6.45, 7) is -0.0865. The predicted octanol–water partition coefficient (Wildman–Crippen LogP) is 0.788. The molecule has 0 aliphatic heterocycles. The van der Waals surface area contributed by atoms with Gasteiger partial charge in [0.1, 0.15) is 6.61 Å². The van der Waals surface area contributed by atoms with Gasteiger partial charge in [0.15, 0.2) is 0 Å². The molecule has 0 aliphatic rings. The Morgan fingerprint density at radius 1 is 1.43 bits per heavy atom. The van der Waals surface area contributed by atoms with Crippen molar-refractivity contribution in [2.45, 2.75) is 6.04 Å². The van der Waals surface area contributed by atoms with E-state index in [0.717, 1.165) is 5.56 Å². The topological polar surface area (TPSA) is 72.5 Å². The molecule has 0 amide bonds. The van der Waals surface area contributed by atoms with Crippen molar-refractivity contribution >= 4 is 5.97 Å².